The number of nitrogens with two attached hydrogens (primary N) is 1. The first-order valence-corrected chi connectivity index (χ1v) is 11.9. The van der Waals surface area contributed by atoms with Gasteiger partial charge in [0.25, 0.3) is 17.7 Å². The van der Waals surface area contributed by atoms with Crippen molar-refractivity contribution in [1.82, 2.24) is 20.1 Å². The van der Waals surface area contributed by atoms with E-state index in [4.69, 9.17) is 17.3 Å². The van der Waals surface area contributed by atoms with Gasteiger partial charge < -0.3 is 20.9 Å². The van der Waals surface area contributed by atoms with Gasteiger partial charge in [0.2, 0.25) is 0 Å². The highest BCUT2D eigenvalue weighted by molar-refractivity contribution is 6.32. The average Bonchev–Trinajstić information content (AvgIpc) is 2.83. The topological polar surface area (TPSA) is 109 Å². The fourth-order valence-corrected chi connectivity index (χ4v) is 4.82. The Labute approximate surface area is 206 Å². The zero-order chi connectivity index (χ0) is 25.1. The van der Waals surface area contributed by atoms with E-state index in [1.807, 2.05) is 0 Å². The van der Waals surface area contributed by atoms with Crippen LogP contribution in [-0.4, -0.2) is 63.8 Å². The van der Waals surface area contributed by atoms with Gasteiger partial charge in [-0.05, 0) is 56.4 Å². The van der Waals surface area contributed by atoms with Crippen molar-refractivity contribution in [3.05, 3.63) is 64.4 Å². The van der Waals surface area contributed by atoms with E-state index in [9.17, 15) is 23.2 Å². The number of hydrogen-bond donors (Lipinski definition) is 2. The van der Waals surface area contributed by atoms with Crippen molar-refractivity contribution in [3.63, 3.8) is 0 Å². The first-order valence-electron chi connectivity index (χ1n) is 11.5. The van der Waals surface area contributed by atoms with Gasteiger partial charge in [-0.15, -0.1) is 0 Å². The Morgan fingerprint density at radius 1 is 1.00 bits per heavy atom. The molecule has 2 aromatic rings. The summed E-state index contributed by atoms with van der Waals surface area (Å²) in [5, 5.41) is 2.91. The molecule has 2 heterocycles. The van der Waals surface area contributed by atoms with Crippen molar-refractivity contribution in [2.75, 3.05) is 13.1 Å². The van der Waals surface area contributed by atoms with Gasteiger partial charge in [0, 0.05) is 43.0 Å². The van der Waals surface area contributed by atoms with Gasteiger partial charge >= 0.3 is 0 Å². The normalized spacial score (nSPS) is 22.6. The van der Waals surface area contributed by atoms with E-state index >= 15 is 0 Å². The maximum absolute atomic E-state index is 13.8. The average molecular weight is 506 g/mol. The zero-order valence-electron chi connectivity index (χ0n) is 18.9. The lowest BCUT2D eigenvalue weighted by Gasteiger charge is -2.43. The lowest BCUT2D eigenvalue weighted by Crippen LogP contribution is -2.64. The number of benzene rings is 1. The van der Waals surface area contributed by atoms with E-state index in [2.05, 4.69) is 10.3 Å². The van der Waals surface area contributed by atoms with Gasteiger partial charge in [0.05, 0.1) is 5.56 Å². The molecule has 0 bridgehead atoms. The minimum atomic E-state index is -1.33. The SMILES string of the molecule is NC1CCC(NC(=O)C2N(C(=O)c3cc(F)cc(F)c3)CCCN2C(=O)c2cccnc2Cl)CC1. The van der Waals surface area contributed by atoms with Gasteiger partial charge in [-0.2, -0.15) is 0 Å². The van der Waals surface area contributed by atoms with Crippen molar-refractivity contribution < 1.29 is 23.2 Å². The summed E-state index contributed by atoms with van der Waals surface area (Å²) in [6.45, 7) is 0.300. The number of rotatable bonds is 4. The van der Waals surface area contributed by atoms with Crippen LogP contribution < -0.4 is 11.1 Å². The van der Waals surface area contributed by atoms with E-state index in [0.29, 0.717) is 25.3 Å². The van der Waals surface area contributed by atoms with Crippen LogP contribution in [0.3, 0.4) is 0 Å². The molecule has 1 aromatic carbocycles. The summed E-state index contributed by atoms with van der Waals surface area (Å²) in [4.78, 5) is 46.7. The van der Waals surface area contributed by atoms with Crippen LogP contribution in [0, 0.1) is 11.6 Å². The third kappa shape index (κ3) is 5.59. The first-order chi connectivity index (χ1) is 16.7. The third-order valence-electron chi connectivity index (χ3n) is 6.36. The first kappa shape index (κ1) is 25.0. The summed E-state index contributed by atoms with van der Waals surface area (Å²) in [6, 6.07) is 5.41. The highest BCUT2D eigenvalue weighted by Crippen LogP contribution is 2.25. The molecule has 2 aliphatic rings. The number of amides is 3. The van der Waals surface area contributed by atoms with Crippen LogP contribution in [0.15, 0.2) is 36.5 Å². The van der Waals surface area contributed by atoms with Crippen molar-refractivity contribution in [3.8, 4) is 0 Å². The summed E-state index contributed by atoms with van der Waals surface area (Å²) in [6.07, 6.45) is 3.29. The van der Waals surface area contributed by atoms with Gasteiger partial charge in [-0.25, -0.2) is 13.8 Å². The summed E-state index contributed by atoms with van der Waals surface area (Å²) >= 11 is 6.13. The smallest absolute Gasteiger partial charge is 0.264 e. The number of nitrogens with one attached hydrogen (secondary N) is 1. The molecular formula is C24H26ClF2N5O3. The number of nitrogens with zero attached hydrogens (tertiary/aromatic N) is 3. The molecule has 1 aliphatic heterocycles. The summed E-state index contributed by atoms with van der Waals surface area (Å²) in [5.74, 6) is -3.72. The summed E-state index contributed by atoms with van der Waals surface area (Å²) < 4.78 is 27.7. The van der Waals surface area contributed by atoms with Gasteiger partial charge in [-0.3, -0.25) is 14.4 Å². The molecule has 0 radical (unpaired) electrons. The van der Waals surface area contributed by atoms with Crippen LogP contribution >= 0.6 is 11.6 Å². The number of aromatic nitrogens is 1. The molecule has 3 N–H and O–H groups in total. The monoisotopic (exact) mass is 505 g/mol. The van der Waals surface area contributed by atoms with E-state index in [-0.39, 0.29) is 41.5 Å². The van der Waals surface area contributed by atoms with Crippen LogP contribution in [0.2, 0.25) is 5.15 Å². The molecule has 1 saturated carbocycles. The molecule has 1 aliphatic carbocycles. The van der Waals surface area contributed by atoms with Crippen LogP contribution in [0.5, 0.6) is 0 Å². The lowest BCUT2D eigenvalue weighted by molar-refractivity contribution is -0.133. The summed E-state index contributed by atoms with van der Waals surface area (Å²) in [7, 11) is 0. The minimum Gasteiger partial charge on any atom is -0.350 e. The molecule has 4 rings (SSSR count). The lowest BCUT2D eigenvalue weighted by atomic mass is 9.91. The van der Waals surface area contributed by atoms with Crippen molar-refractivity contribution in [1.29, 1.82) is 0 Å². The number of halogens is 3. The Morgan fingerprint density at radius 3 is 2.26 bits per heavy atom. The minimum absolute atomic E-state index is 0.0337. The fourth-order valence-electron chi connectivity index (χ4n) is 4.62. The number of pyridine rings is 1. The van der Waals surface area contributed by atoms with Crippen LogP contribution in [0.1, 0.15) is 52.8 Å². The van der Waals surface area contributed by atoms with Gasteiger partial charge in [0.15, 0.2) is 6.17 Å². The maximum Gasteiger partial charge on any atom is 0.264 e. The van der Waals surface area contributed by atoms with Crippen LogP contribution in [0.25, 0.3) is 0 Å². The molecule has 1 saturated heterocycles. The van der Waals surface area contributed by atoms with Crippen molar-refractivity contribution >= 4 is 29.3 Å². The molecule has 8 nitrogen and oxygen atoms in total. The molecule has 1 aromatic heterocycles. The van der Waals surface area contributed by atoms with Crippen molar-refractivity contribution in [2.45, 2.75) is 50.4 Å². The fraction of sp³-hybridized carbons (Fsp3) is 0.417. The molecule has 186 valence electrons. The van der Waals surface area contributed by atoms with E-state index in [0.717, 1.165) is 25.0 Å². The molecule has 11 heteroatoms. The number of carbonyl (C=O) groups excluding carboxylic acids is 3. The standard InChI is InChI=1S/C24H26ClF2N5O3/c25-20-19(3-1-8-29-20)24(35)32-10-2-9-31(23(34)14-11-15(26)13-16(27)12-14)22(32)21(33)30-18-6-4-17(28)5-7-18/h1,3,8,11-13,17-18,22H,2,4-7,9-10,28H2,(H,30,33). The predicted molar refractivity (Wildman–Crippen MR) is 124 cm³/mol. The predicted octanol–water partition coefficient (Wildman–Crippen LogP) is 2.71. The second-order valence-corrected chi connectivity index (χ2v) is 9.20. The number of carbonyl (C=O) groups is 3. The Balaban J connectivity index is 1.67. The van der Waals surface area contributed by atoms with Gasteiger partial charge in [-0.1, -0.05) is 11.6 Å². The highest BCUT2D eigenvalue weighted by Gasteiger charge is 2.42. The Bertz CT molecular complexity index is 1110. The largest absolute Gasteiger partial charge is 0.350 e. The highest BCUT2D eigenvalue weighted by atomic mass is 35.5. The van der Waals surface area contributed by atoms with E-state index < -0.39 is 35.5 Å². The second-order valence-electron chi connectivity index (χ2n) is 8.84. The molecule has 1 unspecified atom stereocenters. The molecule has 3 amide bonds. The molecule has 2 fully saturated rings. The van der Waals surface area contributed by atoms with Crippen LogP contribution in [0.4, 0.5) is 8.78 Å². The van der Waals surface area contributed by atoms with E-state index in [1.165, 1.54) is 22.1 Å². The molecule has 1 atom stereocenters. The Morgan fingerprint density at radius 2 is 1.63 bits per heavy atom. The number of hydrogen-bond acceptors (Lipinski definition) is 5. The van der Waals surface area contributed by atoms with Crippen molar-refractivity contribution in [2.24, 2.45) is 5.73 Å². The summed E-state index contributed by atoms with van der Waals surface area (Å²) in [5.41, 5.74) is 5.80. The Kier molecular flexibility index (Phi) is 7.61. The van der Waals surface area contributed by atoms with Crippen LogP contribution in [-0.2, 0) is 4.79 Å². The molecule has 35 heavy (non-hydrogen) atoms. The molecular weight excluding hydrogens is 480 g/mol. The molecule has 0 spiro atoms. The third-order valence-corrected chi connectivity index (χ3v) is 6.66. The zero-order valence-corrected chi connectivity index (χ0v) is 19.7. The quantitative estimate of drug-likeness (QED) is 0.621. The van der Waals surface area contributed by atoms with E-state index in [1.54, 1.807) is 6.07 Å². The maximum atomic E-state index is 13.8. The van der Waals surface area contributed by atoms with Gasteiger partial charge in [0.1, 0.15) is 16.8 Å². The second kappa shape index (κ2) is 10.7. The Hall–Kier alpha value is -3.11.